The summed E-state index contributed by atoms with van der Waals surface area (Å²) in [6, 6.07) is 18.4. The van der Waals surface area contributed by atoms with Crippen LogP contribution in [0.5, 0.6) is 0 Å². The first-order valence-electron chi connectivity index (χ1n) is 7.73. The van der Waals surface area contributed by atoms with Gasteiger partial charge < -0.3 is 11.5 Å². The summed E-state index contributed by atoms with van der Waals surface area (Å²) in [5, 5.41) is 1.48. The van der Waals surface area contributed by atoms with Gasteiger partial charge in [0.1, 0.15) is 6.61 Å². The summed E-state index contributed by atoms with van der Waals surface area (Å²) in [5.41, 5.74) is 14.2. The Balaban J connectivity index is 1.68. The van der Waals surface area contributed by atoms with Crippen molar-refractivity contribution < 1.29 is 4.84 Å². The number of benzene rings is 2. The minimum absolute atomic E-state index is 0.157. The molecule has 2 aromatic rings. The minimum atomic E-state index is -0.695. The van der Waals surface area contributed by atoms with Gasteiger partial charge in [0.05, 0.1) is 0 Å². The molecular weight excluding hydrogens is 302 g/mol. The van der Waals surface area contributed by atoms with E-state index < -0.39 is 5.66 Å². The summed E-state index contributed by atoms with van der Waals surface area (Å²) in [4.78, 5) is 14.0. The molecule has 4 N–H and O–H groups in total. The molecule has 0 radical (unpaired) electrons. The Hall–Kier alpha value is -2.86. The molecule has 0 unspecified atom stereocenters. The normalized spacial score (nSPS) is 16.5. The second kappa shape index (κ2) is 6.33. The maximum absolute atomic E-state index is 5.90. The largest absolute Gasteiger partial charge is 0.368 e. The molecule has 0 bridgehead atoms. The average molecular weight is 323 g/mol. The third-order valence-electron chi connectivity index (χ3n) is 3.74. The molecule has 0 amide bonds. The fourth-order valence-corrected chi connectivity index (χ4v) is 2.58. The molecule has 0 saturated carbocycles. The highest BCUT2D eigenvalue weighted by molar-refractivity contribution is 5.95. The molecule has 0 atom stereocenters. The molecule has 0 aliphatic carbocycles. The van der Waals surface area contributed by atoms with E-state index >= 15 is 0 Å². The van der Waals surface area contributed by atoms with Crippen molar-refractivity contribution in [1.82, 2.24) is 5.06 Å². The van der Waals surface area contributed by atoms with Gasteiger partial charge in [-0.1, -0.05) is 54.6 Å². The van der Waals surface area contributed by atoms with E-state index in [1.54, 1.807) is 0 Å². The van der Waals surface area contributed by atoms with E-state index in [0.717, 1.165) is 11.1 Å². The van der Waals surface area contributed by atoms with Crippen LogP contribution in [0.4, 0.5) is 0 Å². The Morgan fingerprint density at radius 2 is 1.58 bits per heavy atom. The number of hydrogen-bond donors (Lipinski definition) is 2. The minimum Gasteiger partial charge on any atom is -0.368 e. The van der Waals surface area contributed by atoms with Crippen LogP contribution >= 0.6 is 0 Å². The third kappa shape index (κ3) is 3.38. The average Bonchev–Trinajstić information content (AvgIpc) is 2.54. The molecule has 24 heavy (non-hydrogen) atoms. The zero-order chi connectivity index (χ0) is 17.2. The van der Waals surface area contributed by atoms with Crippen LogP contribution in [0.3, 0.4) is 0 Å². The summed E-state index contributed by atoms with van der Waals surface area (Å²) in [6.07, 6.45) is 0. The number of rotatable bonds is 4. The molecule has 6 nitrogen and oxygen atoms in total. The van der Waals surface area contributed by atoms with E-state index in [9.17, 15) is 0 Å². The van der Waals surface area contributed by atoms with Crippen molar-refractivity contribution in [2.45, 2.75) is 26.1 Å². The Morgan fingerprint density at radius 1 is 0.958 bits per heavy atom. The molecule has 6 heteroatoms. The summed E-state index contributed by atoms with van der Waals surface area (Å²) >= 11 is 0. The molecule has 1 heterocycles. The summed E-state index contributed by atoms with van der Waals surface area (Å²) in [7, 11) is 0. The fourth-order valence-electron chi connectivity index (χ4n) is 2.58. The Morgan fingerprint density at radius 3 is 2.21 bits per heavy atom. The number of guanidine groups is 2. The van der Waals surface area contributed by atoms with Crippen molar-refractivity contribution in [3.05, 3.63) is 60.2 Å². The van der Waals surface area contributed by atoms with Crippen LogP contribution < -0.4 is 11.5 Å². The lowest BCUT2D eigenvalue weighted by Crippen LogP contribution is -2.53. The molecule has 1 aliphatic heterocycles. The van der Waals surface area contributed by atoms with Crippen molar-refractivity contribution in [1.29, 1.82) is 0 Å². The van der Waals surface area contributed by atoms with Crippen LogP contribution in [-0.2, 0) is 11.4 Å². The first-order chi connectivity index (χ1) is 11.5. The van der Waals surface area contributed by atoms with Gasteiger partial charge in [0.25, 0.3) is 0 Å². The Labute approximate surface area is 141 Å². The van der Waals surface area contributed by atoms with Crippen molar-refractivity contribution in [2.24, 2.45) is 21.5 Å². The van der Waals surface area contributed by atoms with Gasteiger partial charge in [-0.05, 0) is 30.5 Å². The van der Waals surface area contributed by atoms with Gasteiger partial charge in [0, 0.05) is 0 Å². The number of aliphatic imine (C=N–C) groups is 2. The fraction of sp³-hybridized carbons (Fsp3) is 0.222. The Bertz CT molecular complexity index is 766. The highest BCUT2D eigenvalue weighted by atomic mass is 16.7. The van der Waals surface area contributed by atoms with Crippen molar-refractivity contribution in [2.75, 3.05) is 0 Å². The molecule has 124 valence electrons. The first kappa shape index (κ1) is 16.0. The molecule has 2 aromatic carbocycles. The van der Waals surface area contributed by atoms with Crippen LogP contribution in [0, 0.1) is 0 Å². The van der Waals surface area contributed by atoms with Crippen molar-refractivity contribution in [3.63, 3.8) is 0 Å². The van der Waals surface area contributed by atoms with Crippen LogP contribution in [0.15, 0.2) is 64.6 Å². The van der Waals surface area contributed by atoms with Gasteiger partial charge in [0.15, 0.2) is 5.66 Å². The van der Waals surface area contributed by atoms with Crippen molar-refractivity contribution in [3.8, 4) is 11.1 Å². The predicted octanol–water partition coefficient (Wildman–Crippen LogP) is 2.47. The van der Waals surface area contributed by atoms with Crippen LogP contribution in [-0.4, -0.2) is 22.6 Å². The molecule has 0 spiro atoms. The first-order valence-corrected chi connectivity index (χ1v) is 7.73. The zero-order valence-corrected chi connectivity index (χ0v) is 13.8. The van der Waals surface area contributed by atoms with E-state index in [2.05, 4.69) is 34.3 Å². The topological polar surface area (TPSA) is 89.2 Å². The molecule has 0 fully saturated rings. The van der Waals surface area contributed by atoms with Crippen molar-refractivity contribution >= 4 is 11.9 Å². The molecular formula is C18H21N5O. The van der Waals surface area contributed by atoms with E-state index in [1.807, 2.05) is 44.2 Å². The number of hydroxylamine groups is 2. The highest BCUT2D eigenvalue weighted by Gasteiger charge is 2.33. The quantitative estimate of drug-likeness (QED) is 0.904. The summed E-state index contributed by atoms with van der Waals surface area (Å²) in [6.45, 7) is 4.09. The molecule has 0 aromatic heterocycles. The number of nitrogens with zero attached hydrogens (tertiary/aromatic N) is 3. The van der Waals surface area contributed by atoms with Gasteiger partial charge >= 0.3 is 0 Å². The predicted molar refractivity (Wildman–Crippen MR) is 95.8 cm³/mol. The lowest BCUT2D eigenvalue weighted by Gasteiger charge is -2.36. The lowest BCUT2D eigenvalue weighted by atomic mass is 10.0. The smallest absolute Gasteiger partial charge is 0.226 e. The van der Waals surface area contributed by atoms with Gasteiger partial charge in [0.2, 0.25) is 11.9 Å². The van der Waals surface area contributed by atoms with Gasteiger partial charge in [-0.25, -0.2) is 4.99 Å². The molecule has 3 rings (SSSR count). The highest BCUT2D eigenvalue weighted by Crippen LogP contribution is 2.22. The standard InChI is InChI=1S/C18H21N5O/c1-18(2)22-16(19)21-17(20)23(18)24-12-13-8-10-15(11-9-13)14-6-4-3-5-7-14/h3-11H,12H2,1-2H3,(H4,19,20,21,22). The maximum Gasteiger partial charge on any atom is 0.226 e. The van der Waals surface area contributed by atoms with E-state index in [-0.39, 0.29) is 11.9 Å². The molecule has 1 aliphatic rings. The van der Waals surface area contributed by atoms with Gasteiger partial charge in [-0.15, -0.1) is 0 Å². The van der Waals surface area contributed by atoms with E-state index in [1.165, 1.54) is 10.6 Å². The van der Waals surface area contributed by atoms with Gasteiger partial charge in [-0.2, -0.15) is 10.1 Å². The Kier molecular flexibility index (Phi) is 4.22. The number of nitrogens with two attached hydrogens (primary N) is 2. The lowest BCUT2D eigenvalue weighted by molar-refractivity contribution is -0.166. The van der Waals surface area contributed by atoms with E-state index in [4.69, 9.17) is 16.3 Å². The monoisotopic (exact) mass is 323 g/mol. The van der Waals surface area contributed by atoms with Crippen LogP contribution in [0.2, 0.25) is 0 Å². The third-order valence-corrected chi connectivity index (χ3v) is 3.74. The number of hydrogen-bond acceptors (Lipinski definition) is 6. The van der Waals surface area contributed by atoms with Crippen LogP contribution in [0.1, 0.15) is 19.4 Å². The summed E-state index contributed by atoms with van der Waals surface area (Å²) in [5.74, 6) is 0.359. The SMILES string of the molecule is CC1(C)N=C(N)N=C(N)N1OCc1ccc(-c2ccccc2)cc1. The second-order valence-electron chi connectivity index (χ2n) is 6.07. The maximum atomic E-state index is 5.90. The summed E-state index contributed by atoms with van der Waals surface area (Å²) < 4.78 is 0. The van der Waals surface area contributed by atoms with Gasteiger partial charge in [-0.3, -0.25) is 4.84 Å². The van der Waals surface area contributed by atoms with Crippen LogP contribution in [0.25, 0.3) is 11.1 Å². The second-order valence-corrected chi connectivity index (χ2v) is 6.07. The zero-order valence-electron chi connectivity index (χ0n) is 13.8. The van der Waals surface area contributed by atoms with E-state index in [0.29, 0.717) is 6.61 Å². The molecule has 0 saturated heterocycles.